The fraction of sp³-hybridized carbons (Fsp3) is 0.630. The van der Waals surface area contributed by atoms with Gasteiger partial charge in [0, 0.05) is 5.39 Å². The molecule has 158 valence electrons. The zero-order valence-corrected chi connectivity index (χ0v) is 18.2. The Morgan fingerprint density at radius 2 is 1.45 bits per heavy atom. The summed E-state index contributed by atoms with van der Waals surface area (Å²) in [7, 11) is 0. The smallest absolute Gasteiger partial charge is 0.166 e. The highest BCUT2D eigenvalue weighted by Gasteiger charge is 2.31. The van der Waals surface area contributed by atoms with E-state index in [9.17, 15) is 8.78 Å². The van der Waals surface area contributed by atoms with Crippen LogP contribution in [0.15, 0.2) is 24.3 Å². The van der Waals surface area contributed by atoms with Gasteiger partial charge in [0.25, 0.3) is 0 Å². The fourth-order valence-electron chi connectivity index (χ4n) is 6.19. The predicted octanol–water partition coefficient (Wildman–Crippen LogP) is 8.56. The lowest BCUT2D eigenvalue weighted by atomic mass is 9.68. The van der Waals surface area contributed by atoms with Crippen LogP contribution in [0.2, 0.25) is 0 Å². The zero-order valence-electron chi connectivity index (χ0n) is 18.2. The summed E-state index contributed by atoms with van der Waals surface area (Å²) in [6, 6.07) is 7.88. The van der Waals surface area contributed by atoms with E-state index in [2.05, 4.69) is 13.0 Å². The van der Waals surface area contributed by atoms with Crippen LogP contribution < -0.4 is 0 Å². The zero-order chi connectivity index (χ0) is 20.4. The Hall–Kier alpha value is -1.44. The van der Waals surface area contributed by atoms with E-state index in [4.69, 9.17) is 0 Å². The van der Waals surface area contributed by atoms with Gasteiger partial charge in [0.2, 0.25) is 0 Å². The maximum absolute atomic E-state index is 14.6. The molecule has 0 bridgehead atoms. The van der Waals surface area contributed by atoms with Crippen molar-refractivity contribution in [2.75, 3.05) is 0 Å². The van der Waals surface area contributed by atoms with Gasteiger partial charge < -0.3 is 0 Å². The van der Waals surface area contributed by atoms with E-state index < -0.39 is 11.6 Å². The van der Waals surface area contributed by atoms with Crippen LogP contribution >= 0.6 is 0 Å². The van der Waals surface area contributed by atoms with Crippen molar-refractivity contribution in [3.63, 3.8) is 0 Å². The molecular formula is C27H36F2. The van der Waals surface area contributed by atoms with Gasteiger partial charge >= 0.3 is 0 Å². The molecule has 29 heavy (non-hydrogen) atoms. The normalized spacial score (nSPS) is 28.0. The first kappa shape index (κ1) is 20.8. The van der Waals surface area contributed by atoms with Crippen molar-refractivity contribution in [1.82, 2.24) is 0 Å². The van der Waals surface area contributed by atoms with E-state index in [0.717, 1.165) is 23.1 Å². The number of benzene rings is 2. The molecule has 0 radical (unpaired) electrons. The fourth-order valence-corrected chi connectivity index (χ4v) is 6.19. The standard InChI is InChI=1S/C27H36F2/c1-3-5-18-6-8-20(9-7-18)21-10-12-22(13-11-21)23-14-15-24-16-19(4-2)26(28)27(29)25(24)17-23/h14-18,20-22H,3-13H2,1-2H3. The van der Waals surface area contributed by atoms with E-state index in [-0.39, 0.29) is 0 Å². The van der Waals surface area contributed by atoms with Gasteiger partial charge in [-0.05, 0) is 97.3 Å². The van der Waals surface area contributed by atoms with Gasteiger partial charge in [0.05, 0.1) is 0 Å². The van der Waals surface area contributed by atoms with E-state index in [1.165, 1.54) is 69.8 Å². The molecule has 0 spiro atoms. The average Bonchev–Trinajstić information content (AvgIpc) is 2.77. The van der Waals surface area contributed by atoms with Crippen molar-refractivity contribution in [2.45, 2.75) is 90.4 Å². The van der Waals surface area contributed by atoms with Crippen molar-refractivity contribution in [2.24, 2.45) is 17.8 Å². The molecule has 0 atom stereocenters. The Morgan fingerprint density at radius 1 is 0.793 bits per heavy atom. The Balaban J connectivity index is 1.41. The topological polar surface area (TPSA) is 0 Å². The molecule has 2 saturated carbocycles. The summed E-state index contributed by atoms with van der Waals surface area (Å²) in [5.74, 6) is 1.96. The van der Waals surface area contributed by atoms with Crippen LogP contribution in [0.4, 0.5) is 8.78 Å². The molecule has 0 aromatic heterocycles. The summed E-state index contributed by atoms with van der Waals surface area (Å²) in [5, 5.41) is 1.27. The first-order valence-electron chi connectivity index (χ1n) is 12.0. The molecule has 2 aliphatic carbocycles. The maximum Gasteiger partial charge on any atom is 0.166 e. The lowest BCUT2D eigenvalue weighted by Crippen LogP contribution is -2.25. The van der Waals surface area contributed by atoms with Crippen molar-refractivity contribution < 1.29 is 8.78 Å². The van der Waals surface area contributed by atoms with Crippen molar-refractivity contribution in [3.8, 4) is 0 Å². The second-order valence-corrected chi connectivity index (χ2v) is 9.68. The van der Waals surface area contributed by atoms with Crippen LogP contribution in [-0.4, -0.2) is 0 Å². The number of hydrogen-bond acceptors (Lipinski definition) is 0. The van der Waals surface area contributed by atoms with Crippen LogP contribution in [-0.2, 0) is 6.42 Å². The number of halogens is 2. The predicted molar refractivity (Wildman–Crippen MR) is 118 cm³/mol. The van der Waals surface area contributed by atoms with Gasteiger partial charge in [0.15, 0.2) is 11.6 Å². The molecule has 0 aliphatic heterocycles. The van der Waals surface area contributed by atoms with E-state index in [1.807, 2.05) is 25.1 Å². The summed E-state index contributed by atoms with van der Waals surface area (Å²) < 4.78 is 28.9. The third kappa shape index (κ3) is 4.37. The van der Waals surface area contributed by atoms with Gasteiger partial charge in [-0.25, -0.2) is 8.78 Å². The van der Waals surface area contributed by atoms with Crippen LogP contribution in [0.3, 0.4) is 0 Å². The van der Waals surface area contributed by atoms with Crippen molar-refractivity contribution in [1.29, 1.82) is 0 Å². The van der Waals surface area contributed by atoms with Crippen LogP contribution in [0, 0.1) is 29.4 Å². The molecule has 4 rings (SSSR count). The Bertz CT molecular complexity index is 824. The molecule has 2 aliphatic rings. The van der Waals surface area contributed by atoms with E-state index >= 15 is 0 Å². The molecule has 0 nitrogen and oxygen atoms in total. The number of fused-ring (bicyclic) bond motifs is 1. The Morgan fingerprint density at radius 3 is 2.07 bits per heavy atom. The monoisotopic (exact) mass is 398 g/mol. The molecular weight excluding hydrogens is 362 g/mol. The molecule has 2 fully saturated rings. The second-order valence-electron chi connectivity index (χ2n) is 9.68. The van der Waals surface area contributed by atoms with E-state index in [1.54, 1.807) is 0 Å². The van der Waals surface area contributed by atoms with Crippen LogP contribution in [0.25, 0.3) is 10.8 Å². The minimum absolute atomic E-state index is 0.452. The van der Waals surface area contributed by atoms with Crippen molar-refractivity contribution >= 4 is 10.8 Å². The lowest BCUT2D eigenvalue weighted by Gasteiger charge is -2.38. The highest BCUT2D eigenvalue weighted by molar-refractivity contribution is 5.84. The van der Waals surface area contributed by atoms with E-state index in [0.29, 0.717) is 23.3 Å². The first-order valence-corrected chi connectivity index (χ1v) is 12.0. The summed E-state index contributed by atoms with van der Waals surface area (Å²) in [5.41, 5.74) is 1.67. The molecule has 0 saturated heterocycles. The highest BCUT2D eigenvalue weighted by Crippen LogP contribution is 2.45. The first-order chi connectivity index (χ1) is 14.1. The SMILES string of the molecule is CCCC1CCC(C2CCC(c3ccc4cc(CC)c(F)c(F)c4c3)CC2)CC1. The molecule has 0 amide bonds. The molecule has 0 heterocycles. The van der Waals surface area contributed by atoms with Gasteiger partial charge in [-0.15, -0.1) is 0 Å². The van der Waals surface area contributed by atoms with Crippen LogP contribution in [0.5, 0.6) is 0 Å². The van der Waals surface area contributed by atoms with Gasteiger partial charge in [0.1, 0.15) is 0 Å². The van der Waals surface area contributed by atoms with Gasteiger partial charge in [-0.1, -0.05) is 51.7 Å². The number of aryl methyl sites for hydroxylation is 1. The number of hydrogen-bond donors (Lipinski definition) is 0. The number of rotatable bonds is 5. The van der Waals surface area contributed by atoms with Gasteiger partial charge in [-0.3, -0.25) is 0 Å². The minimum atomic E-state index is -0.668. The second kappa shape index (κ2) is 9.14. The highest BCUT2D eigenvalue weighted by atomic mass is 19.2. The molecule has 2 heteroatoms. The maximum atomic E-state index is 14.6. The third-order valence-corrected chi connectivity index (χ3v) is 8.00. The van der Waals surface area contributed by atoms with Crippen LogP contribution in [0.1, 0.15) is 95.1 Å². The molecule has 0 unspecified atom stereocenters. The third-order valence-electron chi connectivity index (χ3n) is 8.00. The lowest BCUT2D eigenvalue weighted by molar-refractivity contribution is 0.156. The summed E-state index contributed by atoms with van der Waals surface area (Å²) in [4.78, 5) is 0. The minimum Gasteiger partial charge on any atom is -0.203 e. The molecule has 2 aromatic carbocycles. The summed E-state index contributed by atoms with van der Waals surface area (Å²) >= 11 is 0. The molecule has 0 N–H and O–H groups in total. The largest absolute Gasteiger partial charge is 0.203 e. The quantitative estimate of drug-likeness (QED) is 0.473. The van der Waals surface area contributed by atoms with Gasteiger partial charge in [-0.2, -0.15) is 0 Å². The average molecular weight is 399 g/mol. The summed E-state index contributed by atoms with van der Waals surface area (Å²) in [6.07, 6.45) is 14.0. The Kier molecular flexibility index (Phi) is 6.56. The van der Waals surface area contributed by atoms with Crippen molar-refractivity contribution in [3.05, 3.63) is 47.0 Å². The Labute approximate surface area is 175 Å². The molecule has 2 aromatic rings. The summed E-state index contributed by atoms with van der Waals surface area (Å²) in [6.45, 7) is 4.18.